The van der Waals surface area contributed by atoms with E-state index in [1.807, 2.05) is 36.4 Å². The van der Waals surface area contributed by atoms with Gasteiger partial charge in [-0.1, -0.05) is 30.0 Å². The molecule has 1 N–H and O–H groups in total. The summed E-state index contributed by atoms with van der Waals surface area (Å²) in [6, 6.07) is 15.0. The Balaban J connectivity index is 0.00000280. The number of amides is 1. The van der Waals surface area contributed by atoms with Crippen molar-refractivity contribution in [1.82, 2.24) is 9.55 Å². The van der Waals surface area contributed by atoms with Crippen LogP contribution in [0.15, 0.2) is 58.3 Å². The van der Waals surface area contributed by atoms with Gasteiger partial charge in [-0.3, -0.25) is 9.88 Å². The van der Waals surface area contributed by atoms with Crippen molar-refractivity contribution in [3.05, 3.63) is 48.5 Å². The molecular formula is C16H14N3NaO6PS-. The molecular weight excluding hydrogens is 416 g/mol. The molecule has 28 heavy (non-hydrogen) atoms. The summed E-state index contributed by atoms with van der Waals surface area (Å²) in [5, 5.41) is 2.37. The summed E-state index contributed by atoms with van der Waals surface area (Å²) in [5.74, 6) is -0.00726. The van der Waals surface area contributed by atoms with Crippen LogP contribution in [0.1, 0.15) is 0 Å². The zero-order chi connectivity index (χ0) is 19.4. The number of phosphoric ester groups is 1. The Morgan fingerprint density at radius 2 is 1.93 bits per heavy atom. The van der Waals surface area contributed by atoms with Gasteiger partial charge in [-0.15, -0.1) is 0 Å². The van der Waals surface area contributed by atoms with E-state index in [9.17, 15) is 19.1 Å². The largest absolute Gasteiger partial charge is 1.00 e. The summed E-state index contributed by atoms with van der Waals surface area (Å²) < 4.78 is 20.9. The molecule has 1 heterocycles. The van der Waals surface area contributed by atoms with Crippen molar-refractivity contribution in [2.75, 3.05) is 12.4 Å². The minimum Gasteiger partial charge on any atom is -0.790 e. The van der Waals surface area contributed by atoms with Crippen LogP contribution in [-0.4, -0.2) is 22.8 Å². The molecule has 0 aliphatic heterocycles. The summed E-state index contributed by atoms with van der Waals surface area (Å²) in [4.78, 5) is 39.3. The zero-order valence-corrected chi connectivity index (χ0v) is 18.7. The van der Waals surface area contributed by atoms with Crippen molar-refractivity contribution < 1.29 is 58.0 Å². The minimum atomic E-state index is -5.20. The van der Waals surface area contributed by atoms with Crippen molar-refractivity contribution in [1.29, 1.82) is 0 Å². The number of nitrogens with one attached hydrogen (secondary N) is 1. The van der Waals surface area contributed by atoms with E-state index in [-0.39, 0.29) is 35.5 Å². The quantitative estimate of drug-likeness (QED) is 0.397. The zero-order valence-electron chi connectivity index (χ0n) is 15.0. The number of anilines is 1. The van der Waals surface area contributed by atoms with Crippen molar-refractivity contribution in [3.63, 3.8) is 0 Å². The van der Waals surface area contributed by atoms with Crippen molar-refractivity contribution in [2.45, 2.75) is 16.5 Å². The fraction of sp³-hybridized carbons (Fsp3) is 0.125. The van der Waals surface area contributed by atoms with Crippen LogP contribution in [0.5, 0.6) is 0 Å². The van der Waals surface area contributed by atoms with Crippen molar-refractivity contribution in [2.24, 2.45) is 0 Å². The number of hydrogen-bond donors (Lipinski definition) is 1. The number of rotatable bonds is 6. The van der Waals surface area contributed by atoms with Crippen LogP contribution >= 0.6 is 19.6 Å². The van der Waals surface area contributed by atoms with Crippen LogP contribution in [0.3, 0.4) is 0 Å². The number of ether oxygens (including phenoxy) is 1. The fourth-order valence-corrected chi connectivity index (χ4v) is 3.42. The van der Waals surface area contributed by atoms with Gasteiger partial charge in [-0.25, -0.2) is 9.78 Å². The van der Waals surface area contributed by atoms with Gasteiger partial charge < -0.3 is 23.6 Å². The smallest absolute Gasteiger partial charge is 0.790 e. The normalized spacial score (nSPS) is 11.1. The van der Waals surface area contributed by atoms with Gasteiger partial charge >= 0.3 is 35.7 Å². The first-order valence-electron chi connectivity index (χ1n) is 7.60. The maximum absolute atomic E-state index is 11.5. The third kappa shape index (κ3) is 6.07. The first-order chi connectivity index (χ1) is 12.9. The number of imidazole rings is 1. The van der Waals surface area contributed by atoms with Crippen molar-refractivity contribution in [3.8, 4) is 0 Å². The standard InChI is InChI=1S/C16H16N3O6PS.Na/c1-24-16(20)18-15-17-13-9-12(27-11-5-3-2-4-6-11)7-8-14(13)19(15)10-25-26(21,22)23;/h2-9H,10H2,1H3,(H,17,18,20)(H2,21,22,23);/q;+1/p-2. The predicted molar refractivity (Wildman–Crippen MR) is 95.0 cm³/mol. The molecule has 0 aliphatic carbocycles. The van der Waals surface area contributed by atoms with Crippen LogP contribution in [0.25, 0.3) is 11.0 Å². The number of phosphoric acid groups is 1. The summed E-state index contributed by atoms with van der Waals surface area (Å²) in [5.41, 5.74) is 0.963. The molecule has 142 valence electrons. The Hall–Kier alpha value is -1.36. The topological polar surface area (TPSA) is 129 Å². The third-order valence-electron chi connectivity index (χ3n) is 3.44. The number of carbonyl (C=O) groups excluding carboxylic acids is 1. The van der Waals surface area contributed by atoms with E-state index < -0.39 is 20.6 Å². The third-order valence-corrected chi connectivity index (χ3v) is 4.87. The van der Waals surface area contributed by atoms with Crippen LogP contribution in [0.2, 0.25) is 0 Å². The van der Waals surface area contributed by atoms with E-state index in [0.29, 0.717) is 11.0 Å². The van der Waals surface area contributed by atoms with E-state index in [0.717, 1.165) is 9.79 Å². The molecule has 12 heteroatoms. The van der Waals surface area contributed by atoms with E-state index in [1.54, 1.807) is 12.1 Å². The monoisotopic (exact) mass is 430 g/mol. The molecule has 9 nitrogen and oxygen atoms in total. The number of aromatic nitrogens is 2. The average Bonchev–Trinajstić information content (AvgIpc) is 2.96. The average molecular weight is 430 g/mol. The van der Waals surface area contributed by atoms with Gasteiger partial charge in [-0.2, -0.15) is 0 Å². The molecule has 0 spiro atoms. The first-order valence-corrected chi connectivity index (χ1v) is 9.88. The van der Waals surface area contributed by atoms with E-state index in [4.69, 9.17) is 0 Å². The Kier molecular flexibility index (Phi) is 8.11. The van der Waals surface area contributed by atoms with Crippen LogP contribution in [-0.2, 0) is 20.6 Å². The van der Waals surface area contributed by atoms with Gasteiger partial charge in [0.15, 0.2) is 0 Å². The van der Waals surface area contributed by atoms with E-state index in [2.05, 4.69) is 19.6 Å². The fourth-order valence-electron chi connectivity index (χ4n) is 2.29. The number of carbonyl (C=O) groups is 1. The molecule has 0 aliphatic rings. The second kappa shape index (κ2) is 9.91. The van der Waals surface area contributed by atoms with Gasteiger partial charge in [0.2, 0.25) is 5.95 Å². The Bertz CT molecular complexity index is 1010. The molecule has 3 rings (SSSR count). The molecule has 0 atom stereocenters. The van der Waals surface area contributed by atoms with Crippen LogP contribution < -0.4 is 44.7 Å². The molecule has 0 saturated heterocycles. The summed E-state index contributed by atoms with van der Waals surface area (Å²) in [7, 11) is -4.02. The maximum Gasteiger partial charge on any atom is 1.00 e. The number of methoxy groups -OCH3 is 1. The predicted octanol–water partition coefficient (Wildman–Crippen LogP) is -0.827. The molecule has 0 fully saturated rings. The van der Waals surface area contributed by atoms with Gasteiger partial charge in [-0.05, 0) is 30.3 Å². The Morgan fingerprint density at radius 3 is 2.57 bits per heavy atom. The minimum absolute atomic E-state index is 0. The summed E-state index contributed by atoms with van der Waals surface area (Å²) in [6.07, 6.45) is -0.794. The SMILES string of the molecule is COC(=O)Nc1nc2cc(Sc3ccccc3)ccc2n1COP(=O)([O-])[O-].[Na+]. The number of hydrogen-bond acceptors (Lipinski definition) is 8. The Labute approximate surface area is 187 Å². The number of benzene rings is 2. The molecule has 0 radical (unpaired) electrons. The van der Waals surface area contributed by atoms with E-state index in [1.165, 1.54) is 23.4 Å². The maximum atomic E-state index is 11.5. The van der Waals surface area contributed by atoms with Crippen LogP contribution in [0.4, 0.5) is 10.7 Å². The van der Waals surface area contributed by atoms with Gasteiger partial charge in [0.1, 0.15) is 6.73 Å². The molecule has 0 bridgehead atoms. The molecule has 0 unspecified atom stereocenters. The molecule has 2 aromatic carbocycles. The molecule has 0 saturated carbocycles. The number of nitrogens with zero attached hydrogens (tertiary/aromatic N) is 2. The van der Waals surface area contributed by atoms with Crippen molar-refractivity contribution >= 4 is 42.7 Å². The molecule has 3 aromatic rings. The second-order valence-electron chi connectivity index (χ2n) is 5.25. The van der Waals surface area contributed by atoms with E-state index >= 15 is 0 Å². The first kappa shape index (κ1) is 22.9. The second-order valence-corrected chi connectivity index (χ2v) is 7.55. The summed E-state index contributed by atoms with van der Waals surface area (Å²) in [6.45, 7) is -0.620. The molecule has 1 amide bonds. The van der Waals surface area contributed by atoms with Crippen LogP contribution in [0, 0.1) is 0 Å². The summed E-state index contributed by atoms with van der Waals surface area (Å²) >= 11 is 1.52. The number of fused-ring (bicyclic) bond motifs is 1. The Morgan fingerprint density at radius 1 is 1.21 bits per heavy atom. The van der Waals surface area contributed by atoms with Gasteiger partial charge in [0, 0.05) is 9.79 Å². The van der Waals surface area contributed by atoms with Gasteiger partial charge in [0.05, 0.1) is 26.0 Å². The molecule has 1 aromatic heterocycles. The van der Waals surface area contributed by atoms with Gasteiger partial charge in [0.25, 0.3) is 0 Å².